The van der Waals surface area contributed by atoms with E-state index in [0.717, 1.165) is 17.2 Å². The van der Waals surface area contributed by atoms with Crippen LogP contribution in [-0.2, 0) is 14.3 Å². The Bertz CT molecular complexity index is 481. The van der Waals surface area contributed by atoms with Crippen molar-refractivity contribution in [1.29, 1.82) is 0 Å². The molecule has 2 rings (SSSR count). The molecule has 2 aliphatic heterocycles. The Balaban J connectivity index is 2.34. The zero-order valence-corrected chi connectivity index (χ0v) is 9.89. The first kappa shape index (κ1) is 13.7. The van der Waals surface area contributed by atoms with Crippen LogP contribution in [0.5, 0.6) is 0 Å². The van der Waals surface area contributed by atoms with Crippen LogP contribution >= 0.6 is 0 Å². The second kappa shape index (κ2) is 4.75. The van der Waals surface area contributed by atoms with Crippen LogP contribution in [0, 0.1) is 12.3 Å². The van der Waals surface area contributed by atoms with Crippen molar-refractivity contribution in [3.8, 4) is 12.3 Å². The molecule has 7 heteroatoms. The van der Waals surface area contributed by atoms with Crippen LogP contribution in [-0.4, -0.2) is 62.6 Å². The molecule has 0 spiro atoms. The number of aliphatic hydroxyl groups excluding tert-OH is 2. The topological polar surface area (TPSA) is 107 Å². The third-order valence-electron chi connectivity index (χ3n) is 3.18. The standard InChI is InChI=1S/C12H13NO6/c1-2-12(18)10(17)8(6-14)19-11(12)13-4-3-7(15)5-9(13)16/h1,3-4,8,10-11,14,17-18H,5-6H2/t8-,10-,11-,12-/m1/s1. The van der Waals surface area contributed by atoms with E-state index >= 15 is 0 Å². The van der Waals surface area contributed by atoms with Gasteiger partial charge in [0.1, 0.15) is 12.2 Å². The van der Waals surface area contributed by atoms with Gasteiger partial charge in [0.05, 0.1) is 13.0 Å². The lowest BCUT2D eigenvalue weighted by atomic mass is 9.94. The number of hydrogen-bond acceptors (Lipinski definition) is 6. The summed E-state index contributed by atoms with van der Waals surface area (Å²) in [4.78, 5) is 23.8. The molecule has 0 aliphatic carbocycles. The predicted molar refractivity (Wildman–Crippen MR) is 61.1 cm³/mol. The van der Waals surface area contributed by atoms with Gasteiger partial charge in [0.2, 0.25) is 5.91 Å². The van der Waals surface area contributed by atoms with E-state index in [4.69, 9.17) is 16.3 Å². The van der Waals surface area contributed by atoms with Crippen molar-refractivity contribution < 1.29 is 29.6 Å². The van der Waals surface area contributed by atoms with Crippen LogP contribution in [0.3, 0.4) is 0 Å². The molecule has 0 unspecified atom stereocenters. The number of terminal acetylenes is 1. The van der Waals surface area contributed by atoms with E-state index in [0.29, 0.717) is 0 Å². The summed E-state index contributed by atoms with van der Waals surface area (Å²) in [7, 11) is 0. The van der Waals surface area contributed by atoms with Crippen LogP contribution in [0.15, 0.2) is 12.3 Å². The van der Waals surface area contributed by atoms with Crippen LogP contribution < -0.4 is 0 Å². The Morgan fingerprint density at radius 3 is 2.79 bits per heavy atom. The maximum absolute atomic E-state index is 11.7. The Morgan fingerprint density at radius 1 is 1.58 bits per heavy atom. The fourth-order valence-electron chi connectivity index (χ4n) is 2.11. The minimum atomic E-state index is -2.15. The Hall–Kier alpha value is -1.72. The number of rotatable bonds is 2. The molecule has 0 radical (unpaired) electrons. The molecule has 0 aromatic rings. The molecule has 2 heterocycles. The third-order valence-corrected chi connectivity index (χ3v) is 3.18. The summed E-state index contributed by atoms with van der Waals surface area (Å²) in [6, 6.07) is 0. The lowest BCUT2D eigenvalue weighted by Crippen LogP contribution is -2.55. The van der Waals surface area contributed by atoms with Gasteiger partial charge in [-0.15, -0.1) is 6.42 Å². The molecule has 0 saturated carbocycles. The van der Waals surface area contributed by atoms with Crippen molar-refractivity contribution in [3.63, 3.8) is 0 Å². The highest BCUT2D eigenvalue weighted by molar-refractivity contribution is 6.06. The maximum Gasteiger partial charge on any atom is 0.236 e. The fraction of sp³-hybridized carbons (Fsp3) is 0.500. The number of ketones is 1. The molecule has 0 aromatic carbocycles. The summed E-state index contributed by atoms with van der Waals surface area (Å²) in [6.45, 7) is -0.563. The lowest BCUT2D eigenvalue weighted by Gasteiger charge is -2.33. The van der Waals surface area contributed by atoms with Gasteiger partial charge in [-0.3, -0.25) is 14.5 Å². The lowest BCUT2D eigenvalue weighted by molar-refractivity contribution is -0.153. The number of amides is 1. The number of carbonyl (C=O) groups excluding carboxylic acids is 2. The summed E-state index contributed by atoms with van der Waals surface area (Å²) in [5, 5.41) is 29.1. The van der Waals surface area contributed by atoms with E-state index in [2.05, 4.69) is 0 Å². The van der Waals surface area contributed by atoms with Crippen molar-refractivity contribution in [2.24, 2.45) is 0 Å². The van der Waals surface area contributed by atoms with Gasteiger partial charge in [0.25, 0.3) is 0 Å². The summed E-state index contributed by atoms with van der Waals surface area (Å²) in [5.74, 6) is 1.02. The number of carbonyl (C=O) groups is 2. The third kappa shape index (κ3) is 2.05. The first-order chi connectivity index (χ1) is 8.93. The largest absolute Gasteiger partial charge is 0.394 e. The quantitative estimate of drug-likeness (QED) is 0.385. The van der Waals surface area contributed by atoms with E-state index < -0.39 is 36.6 Å². The minimum Gasteiger partial charge on any atom is -0.394 e. The van der Waals surface area contributed by atoms with Gasteiger partial charge >= 0.3 is 0 Å². The Kier molecular flexibility index (Phi) is 3.43. The monoisotopic (exact) mass is 267 g/mol. The van der Waals surface area contributed by atoms with Crippen molar-refractivity contribution >= 4 is 11.7 Å². The average molecular weight is 267 g/mol. The number of nitrogens with zero attached hydrogens (tertiary/aromatic N) is 1. The smallest absolute Gasteiger partial charge is 0.236 e. The molecule has 4 atom stereocenters. The molecule has 0 aromatic heterocycles. The van der Waals surface area contributed by atoms with Crippen LogP contribution in [0.25, 0.3) is 0 Å². The highest BCUT2D eigenvalue weighted by atomic mass is 16.6. The molecule has 1 saturated heterocycles. The second-order valence-electron chi connectivity index (χ2n) is 4.38. The molecule has 1 fully saturated rings. The molecule has 3 N–H and O–H groups in total. The number of aliphatic hydroxyl groups is 3. The van der Waals surface area contributed by atoms with Crippen molar-refractivity contribution in [1.82, 2.24) is 4.90 Å². The summed E-state index contributed by atoms with van der Waals surface area (Å²) < 4.78 is 5.22. The van der Waals surface area contributed by atoms with Gasteiger partial charge in [-0.25, -0.2) is 0 Å². The molecule has 7 nitrogen and oxygen atoms in total. The molecular weight excluding hydrogens is 254 g/mol. The van der Waals surface area contributed by atoms with Crippen molar-refractivity contribution in [2.75, 3.05) is 6.61 Å². The summed E-state index contributed by atoms with van der Waals surface area (Å²) in [6.07, 6.45) is 3.14. The Labute approximate surface area is 109 Å². The van der Waals surface area contributed by atoms with Crippen LogP contribution in [0.2, 0.25) is 0 Å². The molecule has 2 aliphatic rings. The SMILES string of the molecule is C#C[C@@]1(O)[C@H](O)[C@@H](CO)O[C@H]1N1C=CC(=O)CC1=O. The number of allylic oxidation sites excluding steroid dienone is 1. The van der Waals surface area contributed by atoms with E-state index in [1.807, 2.05) is 5.92 Å². The van der Waals surface area contributed by atoms with Gasteiger partial charge in [-0.2, -0.15) is 0 Å². The Morgan fingerprint density at radius 2 is 2.26 bits per heavy atom. The fourth-order valence-corrected chi connectivity index (χ4v) is 2.11. The molecule has 0 bridgehead atoms. The first-order valence-electron chi connectivity index (χ1n) is 5.60. The number of ether oxygens (including phenoxy) is 1. The molecular formula is C12H13NO6. The van der Waals surface area contributed by atoms with Gasteiger partial charge in [-0.1, -0.05) is 5.92 Å². The van der Waals surface area contributed by atoms with E-state index in [-0.39, 0.29) is 12.2 Å². The molecule has 102 valence electrons. The maximum atomic E-state index is 11.7. The minimum absolute atomic E-state index is 0.364. The van der Waals surface area contributed by atoms with E-state index in [9.17, 15) is 19.8 Å². The molecule has 19 heavy (non-hydrogen) atoms. The van der Waals surface area contributed by atoms with Crippen LogP contribution in [0.4, 0.5) is 0 Å². The summed E-state index contributed by atoms with van der Waals surface area (Å²) >= 11 is 0. The normalized spacial score (nSPS) is 38.6. The first-order valence-corrected chi connectivity index (χ1v) is 5.60. The summed E-state index contributed by atoms with van der Waals surface area (Å²) in [5.41, 5.74) is -2.15. The van der Waals surface area contributed by atoms with E-state index in [1.165, 1.54) is 0 Å². The predicted octanol–water partition coefficient (Wildman–Crippen LogP) is -2.26. The van der Waals surface area contributed by atoms with Crippen molar-refractivity contribution in [3.05, 3.63) is 12.3 Å². The highest BCUT2D eigenvalue weighted by Crippen LogP contribution is 2.34. The highest BCUT2D eigenvalue weighted by Gasteiger charge is 2.57. The molecule has 1 amide bonds. The van der Waals surface area contributed by atoms with Gasteiger partial charge in [0.15, 0.2) is 17.6 Å². The number of hydrogen-bond donors (Lipinski definition) is 3. The zero-order chi connectivity index (χ0) is 14.2. The van der Waals surface area contributed by atoms with E-state index in [1.54, 1.807) is 0 Å². The second-order valence-corrected chi connectivity index (χ2v) is 4.38. The zero-order valence-electron chi connectivity index (χ0n) is 9.89. The average Bonchev–Trinajstić information content (AvgIpc) is 2.63. The van der Waals surface area contributed by atoms with Gasteiger partial charge in [-0.05, 0) is 6.08 Å². The van der Waals surface area contributed by atoms with Crippen molar-refractivity contribution in [2.45, 2.75) is 30.5 Å². The van der Waals surface area contributed by atoms with Crippen LogP contribution in [0.1, 0.15) is 6.42 Å². The van der Waals surface area contributed by atoms with Gasteiger partial charge in [0, 0.05) is 6.20 Å². The van der Waals surface area contributed by atoms with Gasteiger partial charge < -0.3 is 20.1 Å².